The first kappa shape index (κ1) is 13.4. The van der Waals surface area contributed by atoms with Gasteiger partial charge >= 0.3 is 0 Å². The number of carboxylic acid groups (broad SMARTS) is 1. The highest BCUT2D eigenvalue weighted by Crippen LogP contribution is 1.91. The van der Waals surface area contributed by atoms with Crippen LogP contribution < -0.4 is 0 Å². The fourth-order valence-corrected chi connectivity index (χ4v) is 0.334. The molecule has 0 radical (unpaired) electrons. The third-order valence-electron chi connectivity index (χ3n) is 0.767. The summed E-state index contributed by atoms with van der Waals surface area (Å²) in [7, 11) is 0. The predicted octanol–water partition coefficient (Wildman–Crippen LogP) is 1.92. The average molecular weight is 176 g/mol. The number of unbranched alkanes of at least 4 members (excludes halogenated alkanes) is 1. The number of hydrogen-bond acceptors (Lipinski definition) is 3. The standard InChI is InChI=1S/C6H12O2.C2H4O2/c1-3-4-5-8-6(2)7;1-2(3)4/h7H,2-5H2,1H3;1H3,(H,3,4). The fourth-order valence-electron chi connectivity index (χ4n) is 0.334. The van der Waals surface area contributed by atoms with Crippen LogP contribution >= 0.6 is 0 Å². The Morgan fingerprint density at radius 2 is 1.92 bits per heavy atom. The number of hydrogen-bond donors (Lipinski definition) is 2. The van der Waals surface area contributed by atoms with Gasteiger partial charge in [-0.05, 0) is 13.0 Å². The van der Waals surface area contributed by atoms with Gasteiger partial charge in [0.05, 0.1) is 6.61 Å². The molecule has 0 aromatic heterocycles. The second-order valence-corrected chi connectivity index (χ2v) is 2.11. The van der Waals surface area contributed by atoms with E-state index in [9.17, 15) is 0 Å². The third kappa shape index (κ3) is 37.0. The van der Waals surface area contributed by atoms with Gasteiger partial charge in [-0.1, -0.05) is 13.3 Å². The van der Waals surface area contributed by atoms with Crippen LogP contribution in [0.1, 0.15) is 26.7 Å². The Balaban J connectivity index is 0. The van der Waals surface area contributed by atoms with Crippen LogP contribution in [0.3, 0.4) is 0 Å². The number of aliphatic hydroxyl groups excluding tert-OH is 1. The van der Waals surface area contributed by atoms with Crippen LogP contribution in [0.4, 0.5) is 0 Å². The highest BCUT2D eigenvalue weighted by atomic mass is 16.6. The Morgan fingerprint density at radius 1 is 1.50 bits per heavy atom. The van der Waals surface area contributed by atoms with Crippen molar-refractivity contribution in [3.63, 3.8) is 0 Å². The average Bonchev–Trinajstić information content (AvgIpc) is 1.86. The van der Waals surface area contributed by atoms with Gasteiger partial charge in [0.15, 0.2) is 0 Å². The molecule has 0 aromatic carbocycles. The van der Waals surface area contributed by atoms with Crippen molar-refractivity contribution < 1.29 is 19.7 Å². The highest BCUT2D eigenvalue weighted by Gasteiger charge is 1.84. The fraction of sp³-hybridized carbons (Fsp3) is 0.625. The minimum Gasteiger partial charge on any atom is -0.481 e. The van der Waals surface area contributed by atoms with Crippen molar-refractivity contribution in [2.24, 2.45) is 0 Å². The molecule has 0 aliphatic carbocycles. The number of aliphatic hydroxyl groups is 1. The van der Waals surface area contributed by atoms with Crippen molar-refractivity contribution in [2.75, 3.05) is 6.61 Å². The molecular formula is C8H16O4. The van der Waals surface area contributed by atoms with Gasteiger partial charge in [-0.25, -0.2) is 0 Å². The van der Waals surface area contributed by atoms with E-state index in [0.29, 0.717) is 6.61 Å². The van der Waals surface area contributed by atoms with Crippen molar-refractivity contribution in [1.29, 1.82) is 0 Å². The van der Waals surface area contributed by atoms with E-state index in [1.54, 1.807) is 0 Å². The molecule has 0 amide bonds. The molecule has 0 spiro atoms. The van der Waals surface area contributed by atoms with E-state index in [1.165, 1.54) is 0 Å². The van der Waals surface area contributed by atoms with Crippen LogP contribution in [0, 0.1) is 0 Å². The number of carboxylic acids is 1. The summed E-state index contributed by atoms with van der Waals surface area (Å²) < 4.78 is 4.64. The molecule has 0 atom stereocenters. The number of aliphatic carboxylic acids is 1. The normalized spacial score (nSPS) is 7.83. The molecule has 0 aliphatic heterocycles. The monoisotopic (exact) mass is 176 g/mol. The third-order valence-corrected chi connectivity index (χ3v) is 0.767. The molecule has 0 bridgehead atoms. The maximum Gasteiger partial charge on any atom is 0.300 e. The zero-order chi connectivity index (χ0) is 9.98. The van der Waals surface area contributed by atoms with E-state index in [2.05, 4.69) is 18.2 Å². The van der Waals surface area contributed by atoms with Gasteiger partial charge in [0.1, 0.15) is 0 Å². The molecule has 0 rings (SSSR count). The van der Waals surface area contributed by atoms with Crippen LogP contribution in [0.15, 0.2) is 12.5 Å². The first-order valence-corrected chi connectivity index (χ1v) is 3.70. The summed E-state index contributed by atoms with van der Waals surface area (Å²) in [6.07, 6.45) is 2.05. The minimum absolute atomic E-state index is 0.182. The van der Waals surface area contributed by atoms with Crippen LogP contribution in [0.2, 0.25) is 0 Å². The van der Waals surface area contributed by atoms with Crippen LogP contribution in [-0.2, 0) is 9.53 Å². The first-order valence-electron chi connectivity index (χ1n) is 3.70. The summed E-state index contributed by atoms with van der Waals surface area (Å²) >= 11 is 0. The largest absolute Gasteiger partial charge is 0.481 e. The van der Waals surface area contributed by atoms with Crippen molar-refractivity contribution in [2.45, 2.75) is 26.7 Å². The number of ether oxygens (including phenoxy) is 1. The van der Waals surface area contributed by atoms with E-state index < -0.39 is 5.97 Å². The van der Waals surface area contributed by atoms with Crippen molar-refractivity contribution in [3.8, 4) is 0 Å². The first-order chi connectivity index (χ1) is 5.50. The molecule has 0 aliphatic rings. The molecule has 0 unspecified atom stereocenters. The molecule has 0 saturated carbocycles. The summed E-state index contributed by atoms with van der Waals surface area (Å²) in [5, 5.41) is 15.8. The Hall–Kier alpha value is -1.19. The molecule has 0 heterocycles. The van der Waals surface area contributed by atoms with Crippen LogP contribution in [-0.4, -0.2) is 22.8 Å². The molecular weight excluding hydrogens is 160 g/mol. The second kappa shape index (κ2) is 9.81. The number of carbonyl (C=O) groups is 1. The quantitative estimate of drug-likeness (QED) is 0.507. The van der Waals surface area contributed by atoms with Crippen molar-refractivity contribution in [1.82, 2.24) is 0 Å². The Morgan fingerprint density at radius 3 is 2.17 bits per heavy atom. The van der Waals surface area contributed by atoms with Crippen LogP contribution in [0.25, 0.3) is 0 Å². The molecule has 0 saturated heterocycles. The lowest BCUT2D eigenvalue weighted by atomic mass is 10.4. The lowest BCUT2D eigenvalue weighted by Gasteiger charge is -1.99. The lowest BCUT2D eigenvalue weighted by molar-refractivity contribution is -0.134. The number of rotatable bonds is 4. The van der Waals surface area contributed by atoms with Gasteiger partial charge < -0.3 is 14.9 Å². The topological polar surface area (TPSA) is 66.8 Å². The SMILES string of the molecule is C=C(O)OCCCC.CC(=O)O. The van der Waals surface area contributed by atoms with Gasteiger partial charge in [0, 0.05) is 6.92 Å². The highest BCUT2D eigenvalue weighted by molar-refractivity contribution is 5.62. The molecule has 4 heteroatoms. The summed E-state index contributed by atoms with van der Waals surface area (Å²) in [5.41, 5.74) is 0. The maximum absolute atomic E-state index is 9.00. The Kier molecular flexibility index (Phi) is 11.0. The second-order valence-electron chi connectivity index (χ2n) is 2.11. The lowest BCUT2D eigenvalue weighted by Crippen LogP contribution is -1.91. The summed E-state index contributed by atoms with van der Waals surface area (Å²) in [4.78, 5) is 9.00. The maximum atomic E-state index is 9.00. The van der Waals surface area contributed by atoms with Gasteiger partial charge in [0.25, 0.3) is 11.9 Å². The van der Waals surface area contributed by atoms with E-state index >= 15 is 0 Å². The Bertz CT molecular complexity index is 127. The van der Waals surface area contributed by atoms with Gasteiger partial charge in [0.2, 0.25) is 0 Å². The zero-order valence-electron chi connectivity index (χ0n) is 7.54. The van der Waals surface area contributed by atoms with Crippen LogP contribution in [0.5, 0.6) is 0 Å². The predicted molar refractivity (Wildman–Crippen MR) is 45.9 cm³/mol. The molecule has 0 fully saturated rings. The molecule has 2 N–H and O–H groups in total. The van der Waals surface area contributed by atoms with E-state index in [0.717, 1.165) is 19.8 Å². The van der Waals surface area contributed by atoms with Gasteiger partial charge in [-0.2, -0.15) is 0 Å². The smallest absolute Gasteiger partial charge is 0.300 e. The zero-order valence-corrected chi connectivity index (χ0v) is 7.54. The molecule has 0 aromatic rings. The summed E-state index contributed by atoms with van der Waals surface area (Å²) in [5.74, 6) is -1.02. The van der Waals surface area contributed by atoms with E-state index in [1.807, 2.05) is 0 Å². The Labute approximate surface area is 72.5 Å². The van der Waals surface area contributed by atoms with Crippen molar-refractivity contribution >= 4 is 5.97 Å². The molecule has 72 valence electrons. The molecule has 12 heavy (non-hydrogen) atoms. The molecule has 4 nitrogen and oxygen atoms in total. The van der Waals surface area contributed by atoms with Gasteiger partial charge in [-0.15, -0.1) is 0 Å². The summed E-state index contributed by atoms with van der Waals surface area (Å²) in [6, 6.07) is 0. The summed E-state index contributed by atoms with van der Waals surface area (Å²) in [6.45, 7) is 6.88. The minimum atomic E-state index is -0.833. The van der Waals surface area contributed by atoms with Crippen molar-refractivity contribution in [3.05, 3.63) is 12.5 Å². The van der Waals surface area contributed by atoms with E-state index in [-0.39, 0.29) is 5.95 Å². The van der Waals surface area contributed by atoms with E-state index in [4.69, 9.17) is 15.0 Å². The van der Waals surface area contributed by atoms with Gasteiger partial charge in [-0.3, -0.25) is 4.79 Å².